The Labute approximate surface area is 161 Å². The fourth-order valence-corrected chi connectivity index (χ4v) is 4.15. The van der Waals surface area contributed by atoms with Crippen molar-refractivity contribution in [3.8, 4) is 5.75 Å². The van der Waals surface area contributed by atoms with Crippen LogP contribution in [0.1, 0.15) is 43.2 Å². The summed E-state index contributed by atoms with van der Waals surface area (Å²) in [6.45, 7) is 1.47. The van der Waals surface area contributed by atoms with E-state index in [1.807, 2.05) is 22.9 Å². The van der Waals surface area contributed by atoms with Crippen LogP contribution < -0.4 is 4.74 Å². The van der Waals surface area contributed by atoms with Crippen molar-refractivity contribution in [2.45, 2.75) is 51.0 Å². The van der Waals surface area contributed by atoms with Gasteiger partial charge in [-0.1, -0.05) is 6.07 Å². The van der Waals surface area contributed by atoms with Gasteiger partial charge in [-0.3, -0.25) is 14.5 Å². The molecule has 0 spiro atoms. The highest BCUT2D eigenvalue weighted by Gasteiger charge is 2.24. The molecule has 1 heterocycles. The second-order valence-corrected chi connectivity index (χ2v) is 7.70. The fraction of sp³-hybridized carbons (Fsp3) is 0.619. The number of likely N-dealkylation sites (N-methyl/N-ethyl adjacent to an activating group) is 1. The van der Waals surface area contributed by atoms with Crippen LogP contribution in [0.25, 0.3) is 0 Å². The number of likely N-dealkylation sites (tertiary alicyclic amines) is 1. The van der Waals surface area contributed by atoms with Crippen LogP contribution in [0, 0.1) is 0 Å². The number of carboxylic acid groups (broad SMARTS) is 1. The van der Waals surface area contributed by atoms with E-state index in [0.29, 0.717) is 13.1 Å². The van der Waals surface area contributed by atoms with Gasteiger partial charge in [0.25, 0.3) is 5.91 Å². The number of fused-ring (bicyclic) bond motifs is 1. The maximum Gasteiger partial charge on any atom is 0.317 e. The number of benzene rings is 1. The number of ether oxygens (including phenoxy) is 1. The molecule has 0 saturated carbocycles. The highest BCUT2D eigenvalue weighted by atomic mass is 16.5. The third kappa shape index (κ3) is 5.45. The zero-order chi connectivity index (χ0) is 19.2. The van der Waals surface area contributed by atoms with Crippen LogP contribution in [-0.2, 0) is 22.4 Å². The van der Waals surface area contributed by atoms with Gasteiger partial charge in [-0.25, -0.2) is 0 Å². The largest absolute Gasteiger partial charge is 0.484 e. The molecular weight excluding hydrogens is 344 g/mol. The number of amides is 1. The summed E-state index contributed by atoms with van der Waals surface area (Å²) in [6, 6.07) is 6.39. The molecule has 1 saturated heterocycles. The molecule has 1 unspecified atom stereocenters. The van der Waals surface area contributed by atoms with Crippen LogP contribution in [0.15, 0.2) is 18.2 Å². The zero-order valence-electron chi connectivity index (χ0n) is 16.2. The van der Waals surface area contributed by atoms with Crippen LogP contribution in [0.5, 0.6) is 5.75 Å². The molecule has 1 fully saturated rings. The lowest BCUT2D eigenvalue weighted by Gasteiger charge is -2.25. The highest BCUT2D eigenvalue weighted by molar-refractivity contribution is 5.77. The molecule has 2 aliphatic rings. The molecule has 1 amide bonds. The van der Waals surface area contributed by atoms with Crippen molar-refractivity contribution in [3.05, 3.63) is 29.3 Å². The van der Waals surface area contributed by atoms with Crippen LogP contribution >= 0.6 is 0 Å². The number of hydrogen-bond acceptors (Lipinski definition) is 4. The van der Waals surface area contributed by atoms with Crippen molar-refractivity contribution in [2.75, 3.05) is 33.3 Å². The molecule has 1 N–H and O–H groups in total. The van der Waals surface area contributed by atoms with Gasteiger partial charge in [0, 0.05) is 19.1 Å². The van der Waals surface area contributed by atoms with Crippen molar-refractivity contribution in [1.29, 1.82) is 0 Å². The molecule has 1 aromatic rings. The predicted molar refractivity (Wildman–Crippen MR) is 103 cm³/mol. The number of carbonyl (C=O) groups excluding carboxylic acids is 1. The Hall–Kier alpha value is -2.08. The van der Waals surface area contributed by atoms with Gasteiger partial charge in [0.15, 0.2) is 6.61 Å². The molecule has 1 atom stereocenters. The Morgan fingerprint density at radius 2 is 1.93 bits per heavy atom. The van der Waals surface area contributed by atoms with Crippen LogP contribution in [0.4, 0.5) is 0 Å². The van der Waals surface area contributed by atoms with Crippen molar-refractivity contribution in [1.82, 2.24) is 9.80 Å². The SMILES string of the molecule is CN(CC(=O)O)C1CCCN(C(=O)COc2ccc3c(c2)CCCC3)CC1. The maximum absolute atomic E-state index is 12.6. The van der Waals surface area contributed by atoms with E-state index in [1.165, 1.54) is 24.0 Å². The van der Waals surface area contributed by atoms with Crippen molar-refractivity contribution in [2.24, 2.45) is 0 Å². The zero-order valence-corrected chi connectivity index (χ0v) is 16.2. The van der Waals surface area contributed by atoms with E-state index >= 15 is 0 Å². The van der Waals surface area contributed by atoms with Gasteiger partial charge in [-0.05, 0) is 75.3 Å². The Morgan fingerprint density at radius 1 is 1.15 bits per heavy atom. The smallest absolute Gasteiger partial charge is 0.317 e. The molecule has 1 aliphatic heterocycles. The van der Waals surface area contributed by atoms with Gasteiger partial charge >= 0.3 is 5.97 Å². The Bertz CT molecular complexity index is 676. The maximum atomic E-state index is 12.6. The summed E-state index contributed by atoms with van der Waals surface area (Å²) >= 11 is 0. The third-order valence-corrected chi connectivity index (χ3v) is 5.74. The van der Waals surface area contributed by atoms with Gasteiger partial charge in [0.1, 0.15) is 5.75 Å². The summed E-state index contributed by atoms with van der Waals surface area (Å²) < 4.78 is 5.78. The third-order valence-electron chi connectivity index (χ3n) is 5.74. The number of aliphatic carboxylic acids is 1. The molecule has 3 rings (SSSR count). The minimum Gasteiger partial charge on any atom is -0.484 e. The lowest BCUT2D eigenvalue weighted by molar-refractivity contribution is -0.138. The molecule has 0 aromatic heterocycles. The number of rotatable bonds is 6. The summed E-state index contributed by atoms with van der Waals surface area (Å²) in [4.78, 5) is 27.2. The molecule has 0 bridgehead atoms. The van der Waals surface area contributed by atoms with E-state index < -0.39 is 5.97 Å². The van der Waals surface area contributed by atoms with Crippen molar-refractivity contribution in [3.63, 3.8) is 0 Å². The molecule has 148 valence electrons. The number of carboxylic acids is 1. The van der Waals surface area contributed by atoms with Crippen molar-refractivity contribution < 1.29 is 19.4 Å². The lowest BCUT2D eigenvalue weighted by atomic mass is 9.92. The molecule has 1 aliphatic carbocycles. The van der Waals surface area contributed by atoms with E-state index in [4.69, 9.17) is 9.84 Å². The first-order chi connectivity index (χ1) is 13.0. The highest BCUT2D eigenvalue weighted by Crippen LogP contribution is 2.25. The number of nitrogens with zero attached hydrogens (tertiary/aromatic N) is 2. The fourth-order valence-electron chi connectivity index (χ4n) is 4.15. The average molecular weight is 374 g/mol. The van der Waals surface area contributed by atoms with E-state index in [0.717, 1.165) is 37.9 Å². The van der Waals surface area contributed by atoms with E-state index in [2.05, 4.69) is 12.1 Å². The number of hydrogen-bond donors (Lipinski definition) is 1. The molecule has 6 heteroatoms. The summed E-state index contributed by atoms with van der Waals surface area (Å²) in [5.74, 6) is -0.0275. The standard InChI is InChI=1S/C21H30N2O4/c1-22(14-21(25)26)18-7-4-11-23(12-10-18)20(24)15-27-19-9-8-16-5-2-3-6-17(16)13-19/h8-9,13,18H,2-7,10-12,14-15H2,1H3,(H,25,26). The van der Waals surface area contributed by atoms with E-state index in [9.17, 15) is 9.59 Å². The van der Waals surface area contributed by atoms with Gasteiger partial charge < -0.3 is 14.7 Å². The van der Waals surface area contributed by atoms with Gasteiger partial charge in [-0.15, -0.1) is 0 Å². The minimum atomic E-state index is -0.812. The van der Waals surface area contributed by atoms with Gasteiger partial charge in [0.2, 0.25) is 0 Å². The van der Waals surface area contributed by atoms with Gasteiger partial charge in [0.05, 0.1) is 6.54 Å². The van der Waals surface area contributed by atoms with Crippen LogP contribution in [0.3, 0.4) is 0 Å². The van der Waals surface area contributed by atoms with E-state index in [1.54, 1.807) is 0 Å². The Balaban J connectivity index is 1.49. The Morgan fingerprint density at radius 3 is 2.70 bits per heavy atom. The molecule has 0 radical (unpaired) electrons. The summed E-state index contributed by atoms with van der Waals surface area (Å²) in [5.41, 5.74) is 2.76. The normalized spacial score (nSPS) is 20.1. The summed E-state index contributed by atoms with van der Waals surface area (Å²) in [7, 11) is 1.84. The first-order valence-corrected chi connectivity index (χ1v) is 9.97. The number of carbonyl (C=O) groups is 2. The van der Waals surface area contributed by atoms with Crippen molar-refractivity contribution >= 4 is 11.9 Å². The topological polar surface area (TPSA) is 70.1 Å². The monoisotopic (exact) mass is 374 g/mol. The average Bonchev–Trinajstić information content (AvgIpc) is 2.92. The minimum absolute atomic E-state index is 0.00857. The van der Waals surface area contributed by atoms with Gasteiger partial charge in [-0.2, -0.15) is 0 Å². The lowest BCUT2D eigenvalue weighted by Crippen LogP contribution is -2.38. The molecule has 6 nitrogen and oxygen atoms in total. The predicted octanol–water partition coefficient (Wildman–Crippen LogP) is 2.34. The summed E-state index contributed by atoms with van der Waals surface area (Å²) in [5, 5.41) is 8.95. The Kier molecular flexibility index (Phi) is 6.72. The van der Waals surface area contributed by atoms with E-state index in [-0.39, 0.29) is 25.1 Å². The first-order valence-electron chi connectivity index (χ1n) is 9.97. The molecule has 27 heavy (non-hydrogen) atoms. The number of aryl methyl sites for hydroxylation is 2. The van der Waals surface area contributed by atoms with Crippen LogP contribution in [0.2, 0.25) is 0 Å². The molecule has 1 aromatic carbocycles. The van der Waals surface area contributed by atoms with Crippen LogP contribution in [-0.4, -0.2) is 66.1 Å². The summed E-state index contributed by atoms with van der Waals surface area (Å²) in [6.07, 6.45) is 7.31. The second-order valence-electron chi connectivity index (χ2n) is 7.70. The first kappa shape index (κ1) is 19.7. The molecular formula is C21H30N2O4. The quantitative estimate of drug-likeness (QED) is 0.828. The second kappa shape index (κ2) is 9.22.